The van der Waals surface area contributed by atoms with Crippen molar-refractivity contribution in [1.29, 1.82) is 0 Å². The average molecular weight is 534 g/mol. The molecule has 0 spiro atoms. The maximum absolute atomic E-state index is 12.7. The van der Waals surface area contributed by atoms with E-state index in [0.717, 1.165) is 11.1 Å². The number of hydrogen-bond acceptors (Lipinski definition) is 6. The first kappa shape index (κ1) is 25.4. The zero-order valence-corrected chi connectivity index (χ0v) is 21.8. The van der Waals surface area contributed by atoms with Crippen molar-refractivity contribution >= 4 is 48.7 Å². The van der Waals surface area contributed by atoms with Crippen LogP contribution in [0.3, 0.4) is 0 Å². The van der Waals surface area contributed by atoms with Gasteiger partial charge >= 0.3 is 0 Å². The van der Waals surface area contributed by atoms with Crippen LogP contribution in [0.4, 0.5) is 11.4 Å². The van der Waals surface area contributed by atoms with Gasteiger partial charge in [0.1, 0.15) is 4.21 Å². The normalized spacial score (nSPS) is 15.6. The molecule has 2 N–H and O–H groups in total. The Morgan fingerprint density at radius 1 is 0.914 bits per heavy atom. The van der Waals surface area contributed by atoms with Crippen LogP contribution in [0.2, 0.25) is 0 Å². The number of carbonyl (C=O) groups is 1. The van der Waals surface area contributed by atoms with Gasteiger partial charge in [-0.15, -0.1) is 11.3 Å². The predicted molar refractivity (Wildman–Crippen MR) is 138 cm³/mol. The third kappa shape index (κ3) is 5.75. The Kier molecular flexibility index (Phi) is 7.32. The van der Waals surface area contributed by atoms with Gasteiger partial charge in [-0.2, -0.15) is 4.31 Å². The van der Waals surface area contributed by atoms with Gasteiger partial charge < -0.3 is 5.32 Å². The Hall–Kier alpha value is -2.73. The molecule has 11 heteroatoms. The number of thiophene rings is 1. The summed E-state index contributed by atoms with van der Waals surface area (Å²) in [6.45, 7) is 4.42. The number of nitrogens with zero attached hydrogens (tertiary/aromatic N) is 1. The minimum Gasteiger partial charge on any atom is -0.326 e. The van der Waals surface area contributed by atoms with E-state index in [9.17, 15) is 21.6 Å². The van der Waals surface area contributed by atoms with E-state index in [0.29, 0.717) is 28.4 Å². The second-order valence-electron chi connectivity index (χ2n) is 8.53. The van der Waals surface area contributed by atoms with Gasteiger partial charge in [0, 0.05) is 30.4 Å². The molecule has 1 amide bonds. The summed E-state index contributed by atoms with van der Waals surface area (Å²) in [5.74, 6) is -0.526. The number of hydrogen-bond donors (Lipinski definition) is 2. The van der Waals surface area contributed by atoms with Crippen LogP contribution >= 0.6 is 11.3 Å². The van der Waals surface area contributed by atoms with E-state index < -0.39 is 20.0 Å². The van der Waals surface area contributed by atoms with Crippen molar-refractivity contribution in [2.75, 3.05) is 23.1 Å². The first-order chi connectivity index (χ1) is 16.6. The standard InChI is InChI=1S/C24H27N3O5S3/c1-17-5-6-21(16-18(17)2)26-34(29,30)22-9-7-20(8-10-22)25-24(28)19-11-13-27(14-12-19)35(31,32)23-4-3-15-33-23/h3-10,15-16,19,26H,11-14H2,1-2H3,(H,25,28). The fraction of sp³-hybridized carbons (Fsp3) is 0.292. The third-order valence-electron chi connectivity index (χ3n) is 6.11. The van der Waals surface area contributed by atoms with Gasteiger partial charge in [0.05, 0.1) is 4.90 Å². The van der Waals surface area contributed by atoms with Crippen LogP contribution in [-0.4, -0.2) is 40.1 Å². The fourth-order valence-corrected chi connectivity index (χ4v) is 7.54. The summed E-state index contributed by atoms with van der Waals surface area (Å²) < 4.78 is 55.1. The van der Waals surface area contributed by atoms with Crippen LogP contribution in [0.15, 0.2) is 69.1 Å². The van der Waals surface area contributed by atoms with E-state index in [1.807, 2.05) is 19.9 Å². The predicted octanol–water partition coefficient (Wildman–Crippen LogP) is 4.21. The topological polar surface area (TPSA) is 113 Å². The van der Waals surface area contributed by atoms with Gasteiger partial charge in [0.2, 0.25) is 5.91 Å². The summed E-state index contributed by atoms with van der Waals surface area (Å²) in [5, 5.41) is 4.54. The van der Waals surface area contributed by atoms with E-state index >= 15 is 0 Å². The molecular weight excluding hydrogens is 506 g/mol. The molecule has 0 saturated carbocycles. The molecule has 0 aliphatic carbocycles. The molecule has 186 valence electrons. The molecule has 0 unspecified atom stereocenters. The number of benzene rings is 2. The lowest BCUT2D eigenvalue weighted by Crippen LogP contribution is -2.41. The first-order valence-corrected chi connectivity index (χ1v) is 14.9. The number of rotatable bonds is 7. The van der Waals surface area contributed by atoms with E-state index in [1.165, 1.54) is 27.8 Å². The number of aryl methyl sites for hydroxylation is 2. The minimum atomic E-state index is -3.77. The highest BCUT2D eigenvalue weighted by molar-refractivity contribution is 7.92. The molecule has 8 nitrogen and oxygen atoms in total. The molecule has 35 heavy (non-hydrogen) atoms. The van der Waals surface area contributed by atoms with Crippen LogP contribution in [0.5, 0.6) is 0 Å². The lowest BCUT2D eigenvalue weighted by Gasteiger charge is -2.30. The maximum atomic E-state index is 12.7. The highest BCUT2D eigenvalue weighted by Gasteiger charge is 2.32. The van der Waals surface area contributed by atoms with Gasteiger partial charge in [0.25, 0.3) is 20.0 Å². The summed E-state index contributed by atoms with van der Waals surface area (Å²) in [4.78, 5) is 12.8. The van der Waals surface area contributed by atoms with Crippen LogP contribution in [0.25, 0.3) is 0 Å². The zero-order valence-electron chi connectivity index (χ0n) is 19.4. The van der Waals surface area contributed by atoms with E-state index in [2.05, 4.69) is 10.0 Å². The maximum Gasteiger partial charge on any atom is 0.261 e. The van der Waals surface area contributed by atoms with Crippen molar-refractivity contribution in [3.05, 3.63) is 71.1 Å². The molecule has 1 saturated heterocycles. The molecule has 4 rings (SSSR count). The fourth-order valence-electron chi connectivity index (χ4n) is 3.88. The van der Waals surface area contributed by atoms with Crippen LogP contribution in [-0.2, 0) is 24.8 Å². The van der Waals surface area contributed by atoms with E-state index in [4.69, 9.17) is 0 Å². The highest BCUT2D eigenvalue weighted by atomic mass is 32.2. The average Bonchev–Trinajstić information content (AvgIpc) is 3.38. The summed E-state index contributed by atoms with van der Waals surface area (Å²) in [6, 6.07) is 14.6. The Balaban J connectivity index is 1.35. The molecule has 1 aliphatic rings. The van der Waals surface area contributed by atoms with Crippen LogP contribution in [0, 0.1) is 19.8 Å². The number of sulfonamides is 2. The SMILES string of the molecule is Cc1ccc(NS(=O)(=O)c2ccc(NC(=O)C3CCN(S(=O)(=O)c4cccs4)CC3)cc2)cc1C. The summed E-state index contributed by atoms with van der Waals surface area (Å²) in [7, 11) is -7.29. The van der Waals surface area contributed by atoms with Crippen molar-refractivity contribution in [3.8, 4) is 0 Å². The van der Waals surface area contributed by atoms with Crippen molar-refractivity contribution in [2.45, 2.75) is 35.8 Å². The summed E-state index contributed by atoms with van der Waals surface area (Å²) >= 11 is 1.18. The molecule has 0 radical (unpaired) electrons. The van der Waals surface area contributed by atoms with Crippen molar-refractivity contribution in [2.24, 2.45) is 5.92 Å². The molecule has 2 heterocycles. The second kappa shape index (κ2) is 10.1. The molecule has 0 atom stereocenters. The molecule has 1 aliphatic heterocycles. The Bertz CT molecular complexity index is 1410. The van der Waals surface area contributed by atoms with Gasteiger partial charge in [0.15, 0.2) is 0 Å². The molecule has 0 bridgehead atoms. The van der Waals surface area contributed by atoms with Crippen LogP contribution < -0.4 is 10.0 Å². The Labute approximate surface area is 210 Å². The quantitative estimate of drug-likeness (QED) is 0.473. The first-order valence-electron chi connectivity index (χ1n) is 11.1. The number of anilines is 2. The summed E-state index contributed by atoms with van der Waals surface area (Å²) in [6.07, 6.45) is 0.839. The molecule has 1 aromatic heterocycles. The second-order valence-corrected chi connectivity index (χ2v) is 13.3. The van der Waals surface area contributed by atoms with Gasteiger partial charge in [-0.25, -0.2) is 16.8 Å². The zero-order chi connectivity index (χ0) is 25.2. The third-order valence-corrected chi connectivity index (χ3v) is 10.8. The minimum absolute atomic E-state index is 0.0841. The van der Waals surface area contributed by atoms with Crippen molar-refractivity contribution in [3.63, 3.8) is 0 Å². The lowest BCUT2D eigenvalue weighted by atomic mass is 9.97. The number of carbonyl (C=O) groups excluding carboxylic acids is 1. The number of piperidine rings is 1. The largest absolute Gasteiger partial charge is 0.326 e. The number of nitrogens with one attached hydrogen (secondary N) is 2. The van der Waals surface area contributed by atoms with Crippen molar-refractivity contribution < 1.29 is 21.6 Å². The van der Waals surface area contributed by atoms with Gasteiger partial charge in [-0.1, -0.05) is 12.1 Å². The van der Waals surface area contributed by atoms with E-state index in [-0.39, 0.29) is 29.8 Å². The van der Waals surface area contributed by atoms with Gasteiger partial charge in [-0.05, 0) is 85.7 Å². The Morgan fingerprint density at radius 2 is 1.57 bits per heavy atom. The Morgan fingerprint density at radius 3 is 2.17 bits per heavy atom. The summed E-state index contributed by atoms with van der Waals surface area (Å²) in [5.41, 5.74) is 3.02. The molecule has 2 aromatic carbocycles. The smallest absolute Gasteiger partial charge is 0.261 e. The van der Waals surface area contributed by atoms with Crippen molar-refractivity contribution in [1.82, 2.24) is 4.31 Å². The molecule has 1 fully saturated rings. The monoisotopic (exact) mass is 533 g/mol. The highest BCUT2D eigenvalue weighted by Crippen LogP contribution is 2.27. The number of amides is 1. The van der Waals surface area contributed by atoms with Crippen LogP contribution in [0.1, 0.15) is 24.0 Å². The van der Waals surface area contributed by atoms with E-state index in [1.54, 1.807) is 41.8 Å². The molecule has 3 aromatic rings. The van der Waals surface area contributed by atoms with Gasteiger partial charge in [-0.3, -0.25) is 9.52 Å². The molecular formula is C24H27N3O5S3. The lowest BCUT2D eigenvalue weighted by molar-refractivity contribution is -0.120.